The topological polar surface area (TPSA) is 31.2 Å². The average Bonchev–Trinajstić information content (AvgIpc) is 2.53. The summed E-state index contributed by atoms with van der Waals surface area (Å²) in [6.07, 6.45) is 1.96. The Labute approximate surface area is 95.8 Å². The Morgan fingerprint density at radius 3 is 2.87 bits per heavy atom. The second kappa shape index (κ2) is 3.70. The second-order valence-corrected chi connectivity index (χ2v) is 4.17. The van der Waals surface area contributed by atoms with Gasteiger partial charge in [0.05, 0.1) is 12.7 Å². The zero-order chi connectivity index (χ0) is 11.0. The molecular weight excluding hydrogens is 258 g/mol. The Morgan fingerprint density at radius 2 is 2.20 bits per heavy atom. The molecule has 1 aromatic carbocycles. The summed E-state index contributed by atoms with van der Waals surface area (Å²) in [5, 5.41) is 1.01. The highest BCUT2D eigenvalue weighted by atomic mass is 79.9. The molecule has 0 amide bonds. The molecule has 0 spiro atoms. The van der Waals surface area contributed by atoms with E-state index in [1.807, 2.05) is 29.9 Å². The van der Waals surface area contributed by atoms with Gasteiger partial charge in [0.15, 0.2) is 0 Å². The predicted molar refractivity (Wildman–Crippen MR) is 62.0 cm³/mol. The van der Waals surface area contributed by atoms with Crippen LogP contribution >= 0.6 is 15.9 Å². The van der Waals surface area contributed by atoms with Crippen LogP contribution in [0.15, 0.2) is 28.9 Å². The summed E-state index contributed by atoms with van der Waals surface area (Å²) in [5.74, 6) is -0.312. The molecule has 0 unspecified atom stereocenters. The van der Waals surface area contributed by atoms with Crippen LogP contribution in [0.2, 0.25) is 0 Å². The van der Waals surface area contributed by atoms with Gasteiger partial charge in [-0.05, 0) is 34.1 Å². The number of nitrogens with zero attached hydrogens (tertiary/aromatic N) is 1. The summed E-state index contributed by atoms with van der Waals surface area (Å²) in [6.45, 7) is 0. The molecule has 0 fully saturated rings. The molecule has 0 bridgehead atoms. The van der Waals surface area contributed by atoms with Crippen LogP contribution in [0.25, 0.3) is 10.9 Å². The normalized spacial score (nSPS) is 10.6. The van der Waals surface area contributed by atoms with Gasteiger partial charge in [-0.1, -0.05) is 0 Å². The summed E-state index contributed by atoms with van der Waals surface area (Å²) < 4.78 is 7.65. The van der Waals surface area contributed by atoms with E-state index in [0.29, 0.717) is 5.56 Å². The fourth-order valence-electron chi connectivity index (χ4n) is 1.59. The number of hydrogen-bond acceptors (Lipinski definition) is 2. The maximum absolute atomic E-state index is 11.3. The summed E-state index contributed by atoms with van der Waals surface area (Å²) in [4.78, 5) is 11.3. The number of methoxy groups -OCH3 is 1. The maximum Gasteiger partial charge on any atom is 0.337 e. The summed E-state index contributed by atoms with van der Waals surface area (Å²) in [6, 6.07) is 5.50. The fourth-order valence-corrected chi connectivity index (χ4v) is 2.21. The molecule has 78 valence electrons. The van der Waals surface area contributed by atoms with Gasteiger partial charge in [0.25, 0.3) is 0 Å². The van der Waals surface area contributed by atoms with Crippen molar-refractivity contribution in [2.75, 3.05) is 7.11 Å². The van der Waals surface area contributed by atoms with Gasteiger partial charge in [-0.15, -0.1) is 0 Å². The van der Waals surface area contributed by atoms with Crippen molar-refractivity contribution in [3.63, 3.8) is 0 Å². The number of aryl methyl sites for hydroxylation is 1. The number of carbonyl (C=O) groups is 1. The van der Waals surface area contributed by atoms with E-state index in [4.69, 9.17) is 0 Å². The van der Waals surface area contributed by atoms with Crippen molar-refractivity contribution in [1.29, 1.82) is 0 Å². The quantitative estimate of drug-likeness (QED) is 0.744. The molecule has 0 aliphatic heterocycles. The van der Waals surface area contributed by atoms with Crippen molar-refractivity contribution in [2.45, 2.75) is 0 Å². The highest BCUT2D eigenvalue weighted by Gasteiger charge is 2.09. The molecule has 0 N–H and O–H groups in total. The molecule has 1 aromatic heterocycles. The molecule has 2 aromatic rings. The van der Waals surface area contributed by atoms with Crippen molar-refractivity contribution in [3.8, 4) is 0 Å². The van der Waals surface area contributed by atoms with E-state index in [2.05, 4.69) is 20.7 Å². The molecule has 0 saturated carbocycles. The van der Waals surface area contributed by atoms with Crippen molar-refractivity contribution >= 4 is 32.8 Å². The minimum atomic E-state index is -0.312. The Morgan fingerprint density at radius 1 is 1.47 bits per heavy atom. The molecule has 0 atom stereocenters. The van der Waals surface area contributed by atoms with E-state index >= 15 is 0 Å². The van der Waals surface area contributed by atoms with Gasteiger partial charge >= 0.3 is 5.97 Å². The van der Waals surface area contributed by atoms with Gasteiger partial charge in [-0.25, -0.2) is 4.79 Å². The molecule has 0 saturated heterocycles. The average molecular weight is 268 g/mol. The molecule has 0 aliphatic rings. The van der Waals surface area contributed by atoms with Crippen molar-refractivity contribution in [3.05, 3.63) is 34.4 Å². The van der Waals surface area contributed by atoms with Gasteiger partial charge in [0.1, 0.15) is 0 Å². The zero-order valence-electron chi connectivity index (χ0n) is 8.45. The van der Waals surface area contributed by atoms with Crippen LogP contribution in [0.1, 0.15) is 10.4 Å². The number of rotatable bonds is 1. The first-order valence-electron chi connectivity index (χ1n) is 4.46. The Kier molecular flexibility index (Phi) is 2.52. The first-order valence-corrected chi connectivity index (χ1v) is 5.25. The van der Waals surface area contributed by atoms with Crippen LogP contribution in [0.5, 0.6) is 0 Å². The second-order valence-electron chi connectivity index (χ2n) is 3.31. The van der Waals surface area contributed by atoms with Crippen LogP contribution in [-0.4, -0.2) is 17.6 Å². The Bertz CT molecular complexity index is 531. The number of halogens is 1. The summed E-state index contributed by atoms with van der Waals surface area (Å²) in [5.41, 5.74) is 1.64. The van der Waals surface area contributed by atoms with Crippen LogP contribution in [-0.2, 0) is 11.8 Å². The molecule has 0 aliphatic carbocycles. The molecule has 15 heavy (non-hydrogen) atoms. The van der Waals surface area contributed by atoms with Crippen molar-refractivity contribution < 1.29 is 9.53 Å². The number of ether oxygens (including phenoxy) is 1. The lowest BCUT2D eigenvalue weighted by Gasteiger charge is -2.00. The van der Waals surface area contributed by atoms with E-state index in [-0.39, 0.29) is 5.97 Å². The number of aromatic nitrogens is 1. The summed E-state index contributed by atoms with van der Waals surface area (Å²) >= 11 is 3.45. The van der Waals surface area contributed by atoms with E-state index in [1.165, 1.54) is 7.11 Å². The zero-order valence-corrected chi connectivity index (χ0v) is 10.0. The van der Waals surface area contributed by atoms with Crippen LogP contribution < -0.4 is 0 Å². The lowest BCUT2D eigenvalue weighted by molar-refractivity contribution is 0.0601. The smallest absolute Gasteiger partial charge is 0.337 e. The summed E-state index contributed by atoms with van der Waals surface area (Å²) in [7, 11) is 3.34. The third kappa shape index (κ3) is 1.65. The standard InChI is InChI=1S/C11H10BrNO2/c1-13-6-9(12)8-5-7(11(14)15-2)3-4-10(8)13/h3-6H,1-2H3. The Balaban J connectivity index is 2.65. The van der Waals surface area contributed by atoms with E-state index in [0.717, 1.165) is 15.4 Å². The van der Waals surface area contributed by atoms with Crippen LogP contribution in [0, 0.1) is 0 Å². The lowest BCUT2D eigenvalue weighted by Crippen LogP contribution is -2.00. The van der Waals surface area contributed by atoms with Crippen LogP contribution in [0.3, 0.4) is 0 Å². The number of hydrogen-bond donors (Lipinski definition) is 0. The number of fused-ring (bicyclic) bond motifs is 1. The largest absolute Gasteiger partial charge is 0.465 e. The van der Waals surface area contributed by atoms with Gasteiger partial charge in [0.2, 0.25) is 0 Å². The third-order valence-electron chi connectivity index (χ3n) is 2.36. The first-order chi connectivity index (χ1) is 7.13. The molecule has 1 heterocycles. The van der Waals surface area contributed by atoms with Gasteiger partial charge in [-0.2, -0.15) is 0 Å². The number of esters is 1. The highest BCUT2D eigenvalue weighted by Crippen LogP contribution is 2.26. The van der Waals surface area contributed by atoms with Gasteiger partial charge in [-0.3, -0.25) is 0 Å². The van der Waals surface area contributed by atoms with Crippen LogP contribution in [0.4, 0.5) is 0 Å². The maximum atomic E-state index is 11.3. The minimum absolute atomic E-state index is 0.312. The first kappa shape index (κ1) is 10.2. The SMILES string of the molecule is COC(=O)c1ccc2c(c1)c(Br)cn2C. The molecule has 2 rings (SSSR count). The highest BCUT2D eigenvalue weighted by molar-refractivity contribution is 9.10. The van der Waals surface area contributed by atoms with E-state index in [1.54, 1.807) is 6.07 Å². The molecule has 0 radical (unpaired) electrons. The molecule has 4 heteroatoms. The van der Waals surface area contributed by atoms with E-state index < -0.39 is 0 Å². The minimum Gasteiger partial charge on any atom is -0.465 e. The van der Waals surface area contributed by atoms with Crippen molar-refractivity contribution in [1.82, 2.24) is 4.57 Å². The third-order valence-corrected chi connectivity index (χ3v) is 2.99. The number of carbonyl (C=O) groups excluding carboxylic acids is 1. The van der Waals surface area contributed by atoms with E-state index in [9.17, 15) is 4.79 Å². The lowest BCUT2D eigenvalue weighted by atomic mass is 10.1. The van der Waals surface area contributed by atoms with Gasteiger partial charge < -0.3 is 9.30 Å². The number of benzene rings is 1. The van der Waals surface area contributed by atoms with Crippen molar-refractivity contribution in [2.24, 2.45) is 7.05 Å². The Hall–Kier alpha value is -1.29. The molecular formula is C11H10BrNO2. The van der Waals surface area contributed by atoms with Gasteiger partial charge in [0, 0.05) is 28.6 Å². The monoisotopic (exact) mass is 267 g/mol. The fraction of sp³-hybridized carbons (Fsp3) is 0.182. The predicted octanol–water partition coefficient (Wildman–Crippen LogP) is 2.73. The molecule has 3 nitrogen and oxygen atoms in total.